The zero-order chi connectivity index (χ0) is 23.4. The number of ketones is 1. The largest absolute Gasteiger partial charge is 0.507 e. The van der Waals surface area contributed by atoms with Crippen LogP contribution in [0.15, 0.2) is 88.9 Å². The summed E-state index contributed by atoms with van der Waals surface area (Å²) in [5, 5.41) is 11.3. The van der Waals surface area contributed by atoms with Crippen molar-refractivity contribution in [3.8, 4) is 5.75 Å². The van der Waals surface area contributed by atoms with E-state index < -0.39 is 17.7 Å². The number of aliphatic hydroxyl groups is 1. The van der Waals surface area contributed by atoms with E-state index >= 15 is 0 Å². The van der Waals surface area contributed by atoms with E-state index in [0.29, 0.717) is 17.9 Å². The van der Waals surface area contributed by atoms with E-state index in [-0.39, 0.29) is 17.9 Å². The molecule has 1 amide bonds. The Morgan fingerprint density at radius 3 is 2.48 bits per heavy atom. The van der Waals surface area contributed by atoms with Gasteiger partial charge < -0.3 is 14.7 Å². The standard InChI is InChI=1S/C27H24BrNO4/c1-2-14-33-22-13-7-11-20(16-22)25(30)23-24(19-10-6-12-21(28)15-19)29(27(32)26(23)31)17-18-8-4-3-5-9-18/h3-13,15-16,24,30H,2,14,17H2,1H3. The molecule has 0 spiro atoms. The molecule has 3 aromatic rings. The van der Waals surface area contributed by atoms with Crippen LogP contribution in [-0.2, 0) is 16.1 Å². The number of carbonyl (C=O) groups excluding carboxylic acids is 2. The third-order valence-electron chi connectivity index (χ3n) is 5.48. The lowest BCUT2D eigenvalue weighted by Crippen LogP contribution is -2.29. The lowest BCUT2D eigenvalue weighted by molar-refractivity contribution is -0.140. The zero-order valence-corrected chi connectivity index (χ0v) is 19.8. The fourth-order valence-electron chi connectivity index (χ4n) is 3.96. The van der Waals surface area contributed by atoms with Gasteiger partial charge in [0.15, 0.2) is 0 Å². The molecule has 0 radical (unpaired) electrons. The molecule has 168 valence electrons. The van der Waals surface area contributed by atoms with E-state index in [1.807, 2.05) is 61.5 Å². The minimum Gasteiger partial charge on any atom is -0.507 e. The number of nitrogens with zero attached hydrogens (tertiary/aromatic N) is 1. The number of likely N-dealkylation sites (tertiary alicyclic amines) is 1. The molecule has 0 bridgehead atoms. The molecule has 1 aliphatic heterocycles. The number of benzene rings is 3. The molecule has 1 N–H and O–H groups in total. The molecule has 1 atom stereocenters. The number of hydrogen-bond donors (Lipinski definition) is 1. The molecule has 1 unspecified atom stereocenters. The second-order valence-corrected chi connectivity index (χ2v) is 8.76. The van der Waals surface area contributed by atoms with Gasteiger partial charge in [0, 0.05) is 16.6 Å². The van der Waals surface area contributed by atoms with Gasteiger partial charge in [0.05, 0.1) is 18.2 Å². The van der Waals surface area contributed by atoms with Crippen molar-refractivity contribution >= 4 is 33.4 Å². The zero-order valence-electron chi connectivity index (χ0n) is 18.2. The van der Waals surface area contributed by atoms with E-state index in [1.54, 1.807) is 24.3 Å². The third kappa shape index (κ3) is 4.86. The Morgan fingerprint density at radius 1 is 1.00 bits per heavy atom. The van der Waals surface area contributed by atoms with Crippen LogP contribution < -0.4 is 4.74 Å². The smallest absolute Gasteiger partial charge is 0.295 e. The Hall–Kier alpha value is -3.38. The maximum atomic E-state index is 13.2. The lowest BCUT2D eigenvalue weighted by atomic mass is 9.95. The normalized spacial score (nSPS) is 17.4. The summed E-state index contributed by atoms with van der Waals surface area (Å²) in [4.78, 5) is 27.8. The van der Waals surface area contributed by atoms with Crippen molar-refractivity contribution in [1.29, 1.82) is 0 Å². The molecule has 3 aromatic carbocycles. The highest BCUT2D eigenvalue weighted by atomic mass is 79.9. The fourth-order valence-corrected chi connectivity index (χ4v) is 4.37. The summed E-state index contributed by atoms with van der Waals surface area (Å²) in [7, 11) is 0. The minimum atomic E-state index is -0.720. The molecule has 0 aliphatic carbocycles. The van der Waals surface area contributed by atoms with Crippen molar-refractivity contribution in [3.63, 3.8) is 0 Å². The van der Waals surface area contributed by atoms with Crippen LogP contribution in [0.4, 0.5) is 0 Å². The van der Waals surface area contributed by atoms with Gasteiger partial charge in [-0.1, -0.05) is 77.5 Å². The number of halogens is 1. The van der Waals surface area contributed by atoms with Crippen molar-refractivity contribution in [2.24, 2.45) is 0 Å². The molecule has 1 saturated heterocycles. The second kappa shape index (κ2) is 10.0. The van der Waals surface area contributed by atoms with Gasteiger partial charge in [0.1, 0.15) is 11.5 Å². The van der Waals surface area contributed by atoms with Gasteiger partial charge >= 0.3 is 0 Å². The number of rotatable bonds is 7. The van der Waals surface area contributed by atoms with Crippen molar-refractivity contribution in [2.45, 2.75) is 25.9 Å². The summed E-state index contributed by atoms with van der Waals surface area (Å²) >= 11 is 3.48. The van der Waals surface area contributed by atoms with Gasteiger partial charge in [-0.15, -0.1) is 0 Å². The minimum absolute atomic E-state index is 0.0710. The van der Waals surface area contributed by atoms with Crippen LogP contribution in [0, 0.1) is 0 Å². The van der Waals surface area contributed by atoms with E-state index in [2.05, 4.69) is 15.9 Å². The Bertz CT molecular complexity index is 1210. The summed E-state index contributed by atoms with van der Waals surface area (Å²) < 4.78 is 6.50. The van der Waals surface area contributed by atoms with Crippen molar-refractivity contribution in [3.05, 3.63) is 106 Å². The average Bonchev–Trinajstić information content (AvgIpc) is 3.08. The third-order valence-corrected chi connectivity index (χ3v) is 5.97. The van der Waals surface area contributed by atoms with Crippen LogP contribution in [0.5, 0.6) is 5.75 Å². The predicted molar refractivity (Wildman–Crippen MR) is 131 cm³/mol. The van der Waals surface area contributed by atoms with Crippen LogP contribution in [0.2, 0.25) is 0 Å². The van der Waals surface area contributed by atoms with Gasteiger partial charge in [-0.3, -0.25) is 9.59 Å². The first-order valence-electron chi connectivity index (χ1n) is 10.8. The molecule has 0 saturated carbocycles. The number of amides is 1. The first kappa shape index (κ1) is 22.8. The van der Waals surface area contributed by atoms with Gasteiger partial charge in [-0.2, -0.15) is 0 Å². The fraction of sp³-hybridized carbons (Fsp3) is 0.185. The number of ether oxygens (including phenoxy) is 1. The van der Waals surface area contributed by atoms with E-state index in [9.17, 15) is 14.7 Å². The summed E-state index contributed by atoms with van der Waals surface area (Å²) in [5.41, 5.74) is 2.14. The number of hydrogen-bond acceptors (Lipinski definition) is 4. The van der Waals surface area contributed by atoms with Gasteiger partial charge in [-0.25, -0.2) is 0 Å². The molecule has 1 aliphatic rings. The predicted octanol–water partition coefficient (Wildman–Crippen LogP) is 5.86. The maximum absolute atomic E-state index is 13.2. The van der Waals surface area contributed by atoms with Crippen LogP contribution in [0.1, 0.15) is 36.1 Å². The van der Waals surface area contributed by atoms with E-state index in [4.69, 9.17) is 4.74 Å². The summed E-state index contributed by atoms with van der Waals surface area (Å²) in [6, 6.07) is 23.2. The number of Topliss-reactive ketones (excluding diaryl/α,β-unsaturated/α-hetero) is 1. The Labute approximate surface area is 201 Å². The number of carbonyl (C=O) groups is 2. The Balaban J connectivity index is 1.83. The monoisotopic (exact) mass is 505 g/mol. The summed E-state index contributed by atoms with van der Waals surface area (Å²) in [6.45, 7) is 2.80. The van der Waals surface area contributed by atoms with Crippen molar-refractivity contribution < 1.29 is 19.4 Å². The second-order valence-electron chi connectivity index (χ2n) is 7.84. The highest BCUT2D eigenvalue weighted by molar-refractivity contribution is 9.10. The van der Waals surface area contributed by atoms with Crippen LogP contribution in [0.25, 0.3) is 5.76 Å². The first-order chi connectivity index (χ1) is 16.0. The molecule has 33 heavy (non-hydrogen) atoms. The highest BCUT2D eigenvalue weighted by Crippen LogP contribution is 2.41. The van der Waals surface area contributed by atoms with Crippen LogP contribution in [-0.4, -0.2) is 28.3 Å². The molecular formula is C27H24BrNO4. The number of aliphatic hydroxyl groups excluding tert-OH is 1. The first-order valence-corrected chi connectivity index (χ1v) is 11.6. The molecule has 6 heteroatoms. The average molecular weight is 506 g/mol. The van der Waals surface area contributed by atoms with Crippen LogP contribution in [0.3, 0.4) is 0 Å². The molecule has 5 nitrogen and oxygen atoms in total. The lowest BCUT2D eigenvalue weighted by Gasteiger charge is -2.25. The molecule has 1 fully saturated rings. The molecule has 0 aromatic heterocycles. The highest BCUT2D eigenvalue weighted by Gasteiger charge is 2.46. The Kier molecular flexibility index (Phi) is 6.94. The van der Waals surface area contributed by atoms with Crippen molar-refractivity contribution in [2.75, 3.05) is 6.61 Å². The molecule has 4 rings (SSSR count). The summed E-state index contributed by atoms with van der Waals surface area (Å²) in [5.74, 6) is -0.952. The quantitative estimate of drug-likeness (QED) is 0.248. The van der Waals surface area contributed by atoms with E-state index in [1.165, 1.54) is 4.90 Å². The van der Waals surface area contributed by atoms with E-state index in [0.717, 1.165) is 22.0 Å². The Morgan fingerprint density at radius 2 is 1.76 bits per heavy atom. The van der Waals surface area contributed by atoms with Crippen molar-refractivity contribution in [1.82, 2.24) is 4.90 Å². The van der Waals surface area contributed by atoms with Crippen LogP contribution >= 0.6 is 15.9 Å². The molecular weight excluding hydrogens is 482 g/mol. The maximum Gasteiger partial charge on any atom is 0.295 e. The molecule has 1 heterocycles. The summed E-state index contributed by atoms with van der Waals surface area (Å²) in [6.07, 6.45) is 0.851. The SMILES string of the molecule is CCCOc1cccc(C(O)=C2C(=O)C(=O)N(Cc3ccccc3)C2c2cccc(Br)c2)c1. The van der Waals surface area contributed by atoms with Gasteiger partial charge in [0.2, 0.25) is 0 Å². The van der Waals surface area contributed by atoms with Gasteiger partial charge in [0.25, 0.3) is 11.7 Å². The van der Waals surface area contributed by atoms with Gasteiger partial charge in [-0.05, 0) is 41.8 Å². The topological polar surface area (TPSA) is 66.8 Å².